The number of hydrogen-bond acceptors (Lipinski definition) is 14. The minimum absolute atomic E-state index is 0.129. The van der Waals surface area contributed by atoms with Crippen molar-refractivity contribution in [2.24, 2.45) is 10.2 Å². The van der Waals surface area contributed by atoms with Crippen LogP contribution in [-0.2, 0) is 41.5 Å². The molecule has 0 spiro atoms. The molecule has 2 unspecified atom stereocenters. The van der Waals surface area contributed by atoms with Crippen LogP contribution in [0.1, 0.15) is 148 Å². The fourth-order valence-electron chi connectivity index (χ4n) is 8.49. The van der Waals surface area contributed by atoms with Gasteiger partial charge in [-0.3, -0.25) is 41.8 Å². The van der Waals surface area contributed by atoms with Crippen LogP contribution in [0.2, 0.25) is 0 Å². The monoisotopic (exact) mass is 1040 g/mol. The van der Waals surface area contributed by atoms with Gasteiger partial charge in [-0.2, -0.15) is 0 Å². The third-order valence-corrected chi connectivity index (χ3v) is 12.4. The van der Waals surface area contributed by atoms with Gasteiger partial charge in [-0.1, -0.05) is 56.8 Å². The Hall–Kier alpha value is -5.84. The Kier molecular flexibility index (Phi) is 24.5. The lowest BCUT2D eigenvalue weighted by Gasteiger charge is -2.20. The summed E-state index contributed by atoms with van der Waals surface area (Å²) in [5, 5.41) is 7.59. The Balaban J connectivity index is 0.000000242. The van der Waals surface area contributed by atoms with Gasteiger partial charge in [-0.05, 0) is 91.3 Å². The number of rotatable bonds is 23. The van der Waals surface area contributed by atoms with Gasteiger partial charge in [0.05, 0.1) is 50.2 Å². The Labute approximate surface area is 430 Å². The van der Waals surface area contributed by atoms with E-state index in [1.165, 1.54) is 39.8 Å². The molecule has 3 aliphatic heterocycles. The zero-order chi connectivity index (χ0) is 54.6. The van der Waals surface area contributed by atoms with Crippen molar-refractivity contribution in [2.75, 3.05) is 33.0 Å². The molecule has 0 N–H and O–H groups in total. The van der Waals surface area contributed by atoms with Crippen LogP contribution in [0.15, 0.2) is 69.7 Å². The van der Waals surface area contributed by atoms with Crippen LogP contribution in [0.5, 0.6) is 0 Å². The summed E-state index contributed by atoms with van der Waals surface area (Å²) in [6.07, 6.45) is 11.7. The maximum atomic E-state index is 12.8. The van der Waals surface area contributed by atoms with Crippen LogP contribution in [0, 0.1) is 20.8 Å². The third kappa shape index (κ3) is 16.1. The Morgan fingerprint density at radius 2 is 1.11 bits per heavy atom. The van der Waals surface area contributed by atoms with Crippen molar-refractivity contribution in [3.8, 4) is 0 Å². The summed E-state index contributed by atoms with van der Waals surface area (Å²) in [7, 11) is 0. The smallest absolute Gasteiger partial charge is 0.333 e. The average molecular weight is 1040 g/mol. The number of nitrogens with zero attached hydrogens (tertiary/aromatic N) is 12. The fraction of sp³-hybridized carbons (Fsp3) is 0.720. The van der Waals surface area contributed by atoms with Crippen molar-refractivity contribution in [2.45, 2.75) is 202 Å². The van der Waals surface area contributed by atoms with Crippen molar-refractivity contribution >= 4 is 0 Å². The normalized spacial score (nSPS) is 22.0. The summed E-state index contributed by atoms with van der Waals surface area (Å²) in [6.45, 7) is 23.6. The van der Waals surface area contributed by atoms with Crippen LogP contribution >= 0.6 is 0 Å². The van der Waals surface area contributed by atoms with Gasteiger partial charge in [0.1, 0.15) is 18.6 Å². The highest BCUT2D eigenvalue weighted by Crippen LogP contribution is 2.32. The fourth-order valence-corrected chi connectivity index (χ4v) is 8.49. The quantitative estimate of drug-likeness (QED) is 0.0312. The standard InChI is InChI=1S/C18H29N5O4.C16H25N5O4.C16H24N2O4/c1-4-6-8-22-17(24)13(3)11-23(18(22)25)16-10-14(20-21-19)15(27-16)12-26-9-7-5-2;1-4-6-20-15(22)11(3)9-21(16(20)23)14-8-12(18-19-17)13(25-14)10-24-7-5-2;1-10(2)18-15(19)12(5)8-17(16(18)20)14-7-6-13(22-14)9-21-11(3)4/h11,14-16H,4-10,12H2,1-3H3;9,12-14H,4-8,10H2,1-3H3;6-8,10-11,13-14H,9H2,1-5H3/t14?,15-,16-;12?,13-,14-;13-,14+/m110/s1. The number of ether oxygens (including phenoxy) is 6. The maximum Gasteiger partial charge on any atom is 0.333 e. The van der Waals surface area contributed by atoms with Gasteiger partial charge in [0, 0.05) is 90.3 Å². The molecule has 0 radical (unpaired) electrons. The molecular formula is C50H78N12O12. The maximum absolute atomic E-state index is 12.8. The molecule has 0 aliphatic carbocycles. The lowest BCUT2D eigenvalue weighted by Crippen LogP contribution is -2.43. The largest absolute Gasteiger partial charge is 0.379 e. The highest BCUT2D eigenvalue weighted by Gasteiger charge is 2.38. The van der Waals surface area contributed by atoms with Gasteiger partial charge < -0.3 is 28.4 Å². The molecule has 74 heavy (non-hydrogen) atoms. The van der Waals surface area contributed by atoms with Crippen molar-refractivity contribution < 1.29 is 28.4 Å². The van der Waals surface area contributed by atoms with Crippen LogP contribution in [0.4, 0.5) is 0 Å². The summed E-state index contributed by atoms with van der Waals surface area (Å²) in [5.41, 5.74) is 17.1. The molecule has 8 atom stereocenters. The van der Waals surface area contributed by atoms with E-state index in [4.69, 9.17) is 39.5 Å². The number of aromatic nitrogens is 6. The first kappa shape index (κ1) is 60.7. The highest BCUT2D eigenvalue weighted by molar-refractivity contribution is 5.09. The lowest BCUT2D eigenvalue weighted by molar-refractivity contribution is -0.0461. The summed E-state index contributed by atoms with van der Waals surface area (Å²) in [5.74, 6) is 0. The molecule has 3 aromatic rings. The Bertz CT molecular complexity index is 2800. The molecule has 2 saturated heterocycles. The van der Waals surface area contributed by atoms with Crippen LogP contribution in [0.3, 0.4) is 0 Å². The van der Waals surface area contributed by atoms with Crippen molar-refractivity contribution in [1.82, 2.24) is 27.4 Å². The van der Waals surface area contributed by atoms with E-state index in [1.807, 2.05) is 60.6 Å². The summed E-state index contributed by atoms with van der Waals surface area (Å²) >= 11 is 0. The molecule has 0 saturated carbocycles. The van der Waals surface area contributed by atoms with Crippen LogP contribution < -0.4 is 33.7 Å². The molecule has 0 bridgehead atoms. The first-order valence-corrected chi connectivity index (χ1v) is 25.9. The third-order valence-electron chi connectivity index (χ3n) is 12.4. The first-order chi connectivity index (χ1) is 35.4. The Morgan fingerprint density at radius 1 is 0.608 bits per heavy atom. The summed E-state index contributed by atoms with van der Waals surface area (Å²) in [6, 6.07) is -1.02. The molecule has 2 fully saturated rings. The van der Waals surface area contributed by atoms with Crippen LogP contribution in [0.25, 0.3) is 20.9 Å². The number of unbranched alkanes of at least 4 members (excludes halogenated alkanes) is 2. The molecular weight excluding hydrogens is 961 g/mol. The van der Waals surface area contributed by atoms with E-state index in [0.717, 1.165) is 32.1 Å². The number of azide groups is 2. The number of aryl methyl sites for hydroxylation is 3. The molecule has 3 aromatic heterocycles. The van der Waals surface area contributed by atoms with E-state index in [9.17, 15) is 28.8 Å². The molecule has 6 heterocycles. The molecule has 0 amide bonds. The molecule has 3 aliphatic rings. The zero-order valence-electron chi connectivity index (χ0n) is 45.0. The van der Waals surface area contributed by atoms with Crippen LogP contribution in [-0.4, -0.2) is 96.9 Å². The SMILES string of the molecule is CCCCOC[C@H]1O[C@@H](n2cc(C)c(=O)n(CCCC)c2=O)CC1N=[N+]=[N-].CCCOC[C@H]1O[C@@H](n2cc(C)c(=O)n(CCC)c2=O)CC1N=[N+]=[N-].Cc1cn([C@H]2C=C[C@@H](COC(C)C)O2)c(=O)n(C(C)C)c1=O. The molecule has 410 valence electrons. The van der Waals surface area contributed by atoms with Gasteiger partial charge in [0.2, 0.25) is 0 Å². The van der Waals surface area contributed by atoms with E-state index < -0.39 is 54.4 Å². The van der Waals surface area contributed by atoms with E-state index in [2.05, 4.69) is 27.0 Å². The van der Waals surface area contributed by atoms with E-state index in [-0.39, 0.29) is 40.6 Å². The van der Waals surface area contributed by atoms with Gasteiger partial charge in [0.25, 0.3) is 16.7 Å². The van der Waals surface area contributed by atoms with Gasteiger partial charge >= 0.3 is 17.1 Å². The summed E-state index contributed by atoms with van der Waals surface area (Å²) in [4.78, 5) is 80.4. The predicted octanol–water partition coefficient (Wildman–Crippen LogP) is 6.80. The van der Waals surface area contributed by atoms with Gasteiger partial charge in [0.15, 0.2) is 6.23 Å². The zero-order valence-corrected chi connectivity index (χ0v) is 45.0. The predicted molar refractivity (Wildman–Crippen MR) is 279 cm³/mol. The second-order valence-electron chi connectivity index (χ2n) is 19.2. The molecule has 0 aromatic carbocycles. The molecule has 24 heteroatoms. The van der Waals surface area contributed by atoms with Gasteiger partial charge in [-0.25, -0.2) is 14.4 Å². The van der Waals surface area contributed by atoms with Crippen molar-refractivity contribution in [1.29, 1.82) is 0 Å². The second-order valence-corrected chi connectivity index (χ2v) is 19.2. The highest BCUT2D eigenvalue weighted by atomic mass is 16.6. The number of hydrogen-bond donors (Lipinski definition) is 0. The average Bonchev–Trinajstić information content (AvgIpc) is 4.12. The second kappa shape index (κ2) is 29.9. The van der Waals surface area contributed by atoms with Crippen molar-refractivity contribution in [3.63, 3.8) is 0 Å². The summed E-state index contributed by atoms with van der Waals surface area (Å²) < 4.78 is 42.5. The minimum atomic E-state index is -0.583. The van der Waals surface area contributed by atoms with Gasteiger partial charge in [-0.15, -0.1) is 0 Å². The minimum Gasteiger partial charge on any atom is -0.379 e. The van der Waals surface area contributed by atoms with E-state index in [0.29, 0.717) is 82.1 Å². The Morgan fingerprint density at radius 3 is 1.58 bits per heavy atom. The topological polar surface area (TPSA) is 285 Å². The first-order valence-electron chi connectivity index (χ1n) is 25.9. The van der Waals surface area contributed by atoms with E-state index >= 15 is 0 Å². The molecule has 6 rings (SSSR count). The van der Waals surface area contributed by atoms with E-state index in [1.54, 1.807) is 27.0 Å². The van der Waals surface area contributed by atoms with Crippen molar-refractivity contribution in [3.05, 3.63) is 131 Å². The molecule has 24 nitrogen and oxygen atoms in total. The lowest BCUT2D eigenvalue weighted by atomic mass is 10.1.